The van der Waals surface area contributed by atoms with E-state index < -0.39 is 0 Å². The molecule has 8 nitrogen and oxygen atoms in total. The summed E-state index contributed by atoms with van der Waals surface area (Å²) in [6.45, 7) is 3.97. The standard InChI is InChI=1S/C19H18N6O2/c1-13-17(14(2)25-19(23-13)20-12-22-25)10-18(26)27-11-15-4-6-16(7-5-15)24-9-3-8-21-24/h3-9,12H,10-11H2,1-2H3. The summed E-state index contributed by atoms with van der Waals surface area (Å²) in [5.74, 6) is 0.220. The van der Waals surface area contributed by atoms with E-state index in [1.165, 1.54) is 6.33 Å². The van der Waals surface area contributed by atoms with Crippen LogP contribution in [0.5, 0.6) is 0 Å². The van der Waals surface area contributed by atoms with E-state index in [0.717, 1.165) is 28.2 Å². The van der Waals surface area contributed by atoms with Crippen molar-refractivity contribution in [1.82, 2.24) is 29.4 Å². The minimum Gasteiger partial charge on any atom is -0.461 e. The van der Waals surface area contributed by atoms with Crippen LogP contribution in [-0.2, 0) is 22.6 Å². The Labute approximate surface area is 155 Å². The van der Waals surface area contributed by atoms with Crippen LogP contribution >= 0.6 is 0 Å². The fourth-order valence-electron chi connectivity index (χ4n) is 2.94. The Hall–Kier alpha value is -3.55. The molecule has 0 spiro atoms. The first-order chi connectivity index (χ1) is 13.1. The monoisotopic (exact) mass is 362 g/mol. The van der Waals surface area contributed by atoms with E-state index in [1.54, 1.807) is 15.4 Å². The Balaban J connectivity index is 1.41. The summed E-state index contributed by atoms with van der Waals surface area (Å²) in [5, 5.41) is 8.32. The van der Waals surface area contributed by atoms with Crippen LogP contribution in [0.1, 0.15) is 22.5 Å². The Morgan fingerprint density at radius 2 is 1.96 bits per heavy atom. The first kappa shape index (κ1) is 16.9. The molecule has 0 N–H and O–H groups in total. The molecule has 8 heteroatoms. The van der Waals surface area contributed by atoms with Gasteiger partial charge >= 0.3 is 5.97 Å². The van der Waals surface area contributed by atoms with Gasteiger partial charge in [0.1, 0.15) is 12.9 Å². The number of aryl methyl sites for hydroxylation is 2. The van der Waals surface area contributed by atoms with Gasteiger partial charge in [-0.15, -0.1) is 0 Å². The topological polar surface area (TPSA) is 87.2 Å². The minimum atomic E-state index is -0.307. The van der Waals surface area contributed by atoms with Crippen molar-refractivity contribution >= 4 is 11.7 Å². The number of aromatic nitrogens is 6. The molecular formula is C19H18N6O2. The van der Waals surface area contributed by atoms with Crippen LogP contribution < -0.4 is 0 Å². The van der Waals surface area contributed by atoms with E-state index in [4.69, 9.17) is 4.74 Å². The van der Waals surface area contributed by atoms with Gasteiger partial charge < -0.3 is 4.74 Å². The van der Waals surface area contributed by atoms with E-state index in [2.05, 4.69) is 20.2 Å². The van der Waals surface area contributed by atoms with Crippen LogP contribution in [0.15, 0.2) is 49.1 Å². The maximum absolute atomic E-state index is 12.3. The van der Waals surface area contributed by atoms with Gasteiger partial charge in [-0.05, 0) is 37.6 Å². The van der Waals surface area contributed by atoms with Crippen molar-refractivity contribution in [2.45, 2.75) is 26.9 Å². The third-order valence-electron chi connectivity index (χ3n) is 4.41. The third-order valence-corrected chi connectivity index (χ3v) is 4.41. The van der Waals surface area contributed by atoms with Crippen LogP contribution in [-0.4, -0.2) is 35.3 Å². The number of esters is 1. The zero-order valence-corrected chi connectivity index (χ0v) is 15.0. The Kier molecular flexibility index (Phi) is 4.37. The van der Waals surface area contributed by atoms with Gasteiger partial charge in [0.15, 0.2) is 0 Å². The summed E-state index contributed by atoms with van der Waals surface area (Å²) < 4.78 is 8.83. The lowest BCUT2D eigenvalue weighted by molar-refractivity contribution is -0.144. The molecule has 0 aliphatic rings. The highest BCUT2D eigenvalue weighted by molar-refractivity contribution is 5.73. The molecule has 3 aromatic heterocycles. The van der Waals surface area contributed by atoms with Gasteiger partial charge in [0, 0.05) is 29.3 Å². The predicted molar refractivity (Wildman–Crippen MR) is 97.3 cm³/mol. The van der Waals surface area contributed by atoms with Crippen LogP contribution in [0.25, 0.3) is 11.5 Å². The van der Waals surface area contributed by atoms with Crippen LogP contribution in [0, 0.1) is 13.8 Å². The fraction of sp³-hybridized carbons (Fsp3) is 0.211. The van der Waals surface area contributed by atoms with Crippen LogP contribution in [0.3, 0.4) is 0 Å². The number of carbonyl (C=O) groups excluding carboxylic acids is 1. The van der Waals surface area contributed by atoms with Gasteiger partial charge in [-0.1, -0.05) is 12.1 Å². The van der Waals surface area contributed by atoms with E-state index in [1.807, 2.05) is 50.4 Å². The van der Waals surface area contributed by atoms with Crippen molar-refractivity contribution in [2.24, 2.45) is 0 Å². The zero-order chi connectivity index (χ0) is 18.8. The molecule has 0 amide bonds. The highest BCUT2D eigenvalue weighted by Crippen LogP contribution is 2.15. The highest BCUT2D eigenvalue weighted by atomic mass is 16.5. The summed E-state index contributed by atoms with van der Waals surface area (Å²) in [6.07, 6.45) is 5.19. The first-order valence-electron chi connectivity index (χ1n) is 8.52. The number of hydrogen-bond donors (Lipinski definition) is 0. The average molecular weight is 362 g/mol. The van der Waals surface area contributed by atoms with Gasteiger partial charge in [-0.2, -0.15) is 15.2 Å². The second-order valence-electron chi connectivity index (χ2n) is 6.19. The molecule has 0 saturated heterocycles. The summed E-state index contributed by atoms with van der Waals surface area (Å²) in [6, 6.07) is 9.58. The van der Waals surface area contributed by atoms with E-state index >= 15 is 0 Å². The fourth-order valence-corrected chi connectivity index (χ4v) is 2.94. The number of nitrogens with zero attached hydrogens (tertiary/aromatic N) is 6. The molecule has 0 radical (unpaired) electrons. The van der Waals surface area contributed by atoms with Gasteiger partial charge in [0.05, 0.1) is 12.1 Å². The molecule has 1 aromatic carbocycles. The predicted octanol–water partition coefficient (Wildman–Crippen LogP) is 2.21. The minimum absolute atomic E-state index is 0.145. The number of ether oxygens (including phenoxy) is 1. The van der Waals surface area contributed by atoms with Crippen LogP contribution in [0.2, 0.25) is 0 Å². The molecule has 0 aliphatic heterocycles. The SMILES string of the molecule is Cc1nc2ncnn2c(C)c1CC(=O)OCc1ccc(-n2cccn2)cc1. The molecule has 4 rings (SSSR count). The van der Waals surface area contributed by atoms with Gasteiger partial charge in [-0.3, -0.25) is 4.79 Å². The lowest BCUT2D eigenvalue weighted by Crippen LogP contribution is -2.13. The largest absolute Gasteiger partial charge is 0.461 e. The van der Waals surface area contributed by atoms with Crippen molar-refractivity contribution in [3.8, 4) is 5.69 Å². The molecule has 0 fully saturated rings. The Morgan fingerprint density at radius 3 is 2.70 bits per heavy atom. The zero-order valence-electron chi connectivity index (χ0n) is 15.0. The maximum Gasteiger partial charge on any atom is 0.310 e. The molecular weight excluding hydrogens is 344 g/mol. The molecule has 0 unspecified atom stereocenters. The smallest absolute Gasteiger partial charge is 0.310 e. The number of benzene rings is 1. The van der Waals surface area contributed by atoms with E-state index in [9.17, 15) is 4.79 Å². The number of hydrogen-bond acceptors (Lipinski definition) is 6. The normalized spacial score (nSPS) is 11.0. The van der Waals surface area contributed by atoms with Gasteiger partial charge in [0.2, 0.25) is 0 Å². The summed E-state index contributed by atoms with van der Waals surface area (Å²) >= 11 is 0. The number of rotatable bonds is 5. The summed E-state index contributed by atoms with van der Waals surface area (Å²) in [5.41, 5.74) is 4.28. The number of fused-ring (bicyclic) bond motifs is 1. The van der Waals surface area contributed by atoms with E-state index in [-0.39, 0.29) is 19.0 Å². The van der Waals surface area contributed by atoms with Gasteiger partial charge in [0.25, 0.3) is 5.78 Å². The average Bonchev–Trinajstić information content (AvgIpc) is 3.36. The maximum atomic E-state index is 12.3. The molecule has 0 aliphatic carbocycles. The Morgan fingerprint density at radius 1 is 1.15 bits per heavy atom. The molecule has 0 saturated carbocycles. The molecule has 136 valence electrons. The molecule has 0 bridgehead atoms. The van der Waals surface area contributed by atoms with Gasteiger partial charge in [-0.25, -0.2) is 14.2 Å². The molecule has 4 aromatic rings. The van der Waals surface area contributed by atoms with Crippen LogP contribution in [0.4, 0.5) is 0 Å². The highest BCUT2D eigenvalue weighted by Gasteiger charge is 2.15. The van der Waals surface area contributed by atoms with Crippen molar-refractivity contribution in [3.05, 3.63) is 71.6 Å². The van der Waals surface area contributed by atoms with Crippen molar-refractivity contribution < 1.29 is 9.53 Å². The van der Waals surface area contributed by atoms with Crippen molar-refractivity contribution in [1.29, 1.82) is 0 Å². The van der Waals surface area contributed by atoms with Crippen molar-refractivity contribution in [3.63, 3.8) is 0 Å². The lowest BCUT2D eigenvalue weighted by atomic mass is 10.1. The summed E-state index contributed by atoms with van der Waals surface area (Å²) in [7, 11) is 0. The summed E-state index contributed by atoms with van der Waals surface area (Å²) in [4.78, 5) is 20.8. The van der Waals surface area contributed by atoms with E-state index in [0.29, 0.717) is 5.78 Å². The Bertz CT molecular complexity index is 1080. The molecule has 3 heterocycles. The third kappa shape index (κ3) is 3.41. The van der Waals surface area contributed by atoms with Crippen molar-refractivity contribution in [2.75, 3.05) is 0 Å². The number of carbonyl (C=O) groups is 1. The molecule has 27 heavy (non-hydrogen) atoms. The second kappa shape index (κ2) is 6.99. The lowest BCUT2D eigenvalue weighted by Gasteiger charge is -2.10. The quantitative estimate of drug-likeness (QED) is 0.506. The first-order valence-corrected chi connectivity index (χ1v) is 8.52. The second-order valence-corrected chi connectivity index (χ2v) is 6.19. The molecule has 0 atom stereocenters.